The van der Waals surface area contributed by atoms with Crippen LogP contribution in [-0.2, 0) is 10.1 Å². The molecule has 296 valence electrons. The first-order chi connectivity index (χ1) is 27.3. The monoisotopic (exact) mass is 802 g/mol. The van der Waals surface area contributed by atoms with Crippen LogP contribution in [-0.4, -0.2) is 92.3 Å². The van der Waals surface area contributed by atoms with Gasteiger partial charge in [-0.3, -0.25) is 0 Å². The average Bonchev–Trinajstić information content (AvgIpc) is 3.82. The van der Waals surface area contributed by atoms with E-state index in [-0.39, 0.29) is 0 Å². The predicted octanol–water partition coefficient (Wildman–Crippen LogP) is 6.69. The summed E-state index contributed by atoms with van der Waals surface area (Å²) in [5.74, 6) is 2.17. The van der Waals surface area contributed by atoms with Crippen molar-refractivity contribution in [2.24, 2.45) is 0 Å². The number of hydrogen-bond acceptors (Lipinski definition) is 13. The number of likely N-dealkylation sites (tertiary alicyclic amines) is 1. The summed E-state index contributed by atoms with van der Waals surface area (Å²) >= 11 is 0. The van der Waals surface area contributed by atoms with E-state index in [0.29, 0.717) is 40.4 Å². The van der Waals surface area contributed by atoms with Gasteiger partial charge in [-0.25, -0.2) is 24.0 Å². The Labute approximate surface area is 325 Å². The van der Waals surface area contributed by atoms with E-state index >= 15 is 0 Å². The van der Waals surface area contributed by atoms with Crippen LogP contribution in [0, 0.1) is 6.92 Å². The number of benzene rings is 1. The smallest absolute Gasteiger partial charge is 0.481 e. The van der Waals surface area contributed by atoms with Gasteiger partial charge in [0.15, 0.2) is 0 Å². The van der Waals surface area contributed by atoms with Crippen LogP contribution in [0.5, 0.6) is 17.8 Å². The summed E-state index contributed by atoms with van der Waals surface area (Å²) < 4.78 is 76.4. The number of aromatic nitrogens is 8. The SMILES string of the molecule is COc1ccc(-c2ccc3cnc(Nc4ccc(C5CCN(C)CC5)c(C)c4)nn23)cn1.COc1ccc(-c2ccc3cnc(OS(=O)(=O)C(F)(F)F)nn23)cn1. The Morgan fingerprint density at radius 2 is 1.32 bits per heavy atom. The third-order valence-electron chi connectivity index (χ3n) is 9.41. The van der Waals surface area contributed by atoms with Crippen molar-refractivity contribution >= 4 is 32.8 Å². The molecule has 0 amide bonds. The Hall–Kier alpha value is -6.34. The van der Waals surface area contributed by atoms with E-state index in [9.17, 15) is 21.6 Å². The average molecular weight is 803 g/mol. The molecule has 0 radical (unpaired) electrons. The van der Waals surface area contributed by atoms with Gasteiger partial charge in [-0.05, 0) is 105 Å². The van der Waals surface area contributed by atoms with Crippen molar-refractivity contribution in [2.45, 2.75) is 31.2 Å². The van der Waals surface area contributed by atoms with Crippen molar-refractivity contribution in [1.29, 1.82) is 0 Å². The summed E-state index contributed by atoms with van der Waals surface area (Å²) in [7, 11) is -0.590. The van der Waals surface area contributed by atoms with Crippen LogP contribution >= 0.6 is 0 Å². The molecule has 1 fully saturated rings. The molecule has 19 heteroatoms. The maximum absolute atomic E-state index is 12.4. The van der Waals surface area contributed by atoms with Crippen LogP contribution in [0.1, 0.15) is 29.9 Å². The van der Waals surface area contributed by atoms with Gasteiger partial charge in [0.1, 0.15) is 0 Å². The van der Waals surface area contributed by atoms with Crippen molar-refractivity contribution in [2.75, 3.05) is 39.7 Å². The number of pyridine rings is 2. The van der Waals surface area contributed by atoms with Crippen LogP contribution < -0.4 is 19.0 Å². The second-order valence-electron chi connectivity index (χ2n) is 13.2. The molecule has 0 aliphatic carbocycles. The van der Waals surface area contributed by atoms with Gasteiger partial charge in [0.2, 0.25) is 17.7 Å². The van der Waals surface area contributed by atoms with Gasteiger partial charge >= 0.3 is 21.6 Å². The second-order valence-corrected chi connectivity index (χ2v) is 14.7. The molecule has 0 bridgehead atoms. The number of fused-ring (bicyclic) bond motifs is 2. The van der Waals surface area contributed by atoms with E-state index in [1.165, 1.54) is 54.9 Å². The van der Waals surface area contributed by atoms with E-state index in [0.717, 1.165) is 28.7 Å². The number of rotatable bonds is 9. The number of halogens is 3. The highest BCUT2D eigenvalue weighted by molar-refractivity contribution is 7.87. The molecule has 1 aliphatic rings. The molecule has 6 aromatic heterocycles. The van der Waals surface area contributed by atoms with Crippen LogP contribution in [0.25, 0.3) is 33.5 Å². The minimum absolute atomic E-state index is 0.375. The number of aryl methyl sites for hydroxylation is 1. The van der Waals surface area contributed by atoms with E-state index in [2.05, 4.69) is 71.6 Å². The molecule has 7 heterocycles. The number of hydrogen-bond donors (Lipinski definition) is 1. The zero-order chi connectivity index (χ0) is 40.3. The van der Waals surface area contributed by atoms with Gasteiger partial charge in [-0.2, -0.15) is 26.6 Å². The van der Waals surface area contributed by atoms with Crippen molar-refractivity contribution in [3.05, 3.63) is 103 Å². The number of nitrogens with zero attached hydrogens (tertiary/aromatic N) is 9. The Kier molecular flexibility index (Phi) is 10.9. The third-order valence-corrected chi connectivity index (χ3v) is 10.3. The van der Waals surface area contributed by atoms with Crippen LogP contribution in [0.15, 0.2) is 91.5 Å². The summed E-state index contributed by atoms with van der Waals surface area (Å²) in [6.07, 6.45) is 8.67. The molecule has 15 nitrogen and oxygen atoms in total. The van der Waals surface area contributed by atoms with Crippen molar-refractivity contribution in [3.8, 4) is 40.3 Å². The first-order valence-electron chi connectivity index (χ1n) is 17.6. The molecule has 0 spiro atoms. The maximum Gasteiger partial charge on any atom is 0.534 e. The van der Waals surface area contributed by atoms with E-state index in [1.54, 1.807) is 37.6 Å². The molecule has 8 rings (SSSR count). The molecular formula is C38H37F3N10O5S. The predicted molar refractivity (Wildman–Crippen MR) is 205 cm³/mol. The van der Waals surface area contributed by atoms with E-state index < -0.39 is 21.6 Å². The second kappa shape index (κ2) is 16.0. The van der Waals surface area contributed by atoms with Crippen LogP contribution in [0.4, 0.5) is 24.8 Å². The Morgan fingerprint density at radius 1 is 0.737 bits per heavy atom. The first kappa shape index (κ1) is 38.9. The molecule has 0 saturated carbocycles. The molecule has 1 aromatic carbocycles. The van der Waals surface area contributed by atoms with Crippen LogP contribution in [0.2, 0.25) is 0 Å². The molecule has 1 saturated heterocycles. The fourth-order valence-corrected chi connectivity index (χ4v) is 6.80. The van der Waals surface area contributed by atoms with Crippen molar-refractivity contribution in [3.63, 3.8) is 0 Å². The molecule has 0 atom stereocenters. The zero-order valence-electron chi connectivity index (χ0n) is 31.2. The van der Waals surface area contributed by atoms with Gasteiger partial charge < -0.3 is 23.9 Å². The minimum Gasteiger partial charge on any atom is -0.481 e. The van der Waals surface area contributed by atoms with Gasteiger partial charge in [-0.15, -0.1) is 10.2 Å². The minimum atomic E-state index is -5.86. The highest BCUT2D eigenvalue weighted by Crippen LogP contribution is 2.32. The lowest BCUT2D eigenvalue weighted by molar-refractivity contribution is -0.0503. The Balaban J connectivity index is 0.000000180. The Bertz CT molecular complexity index is 2610. The third kappa shape index (κ3) is 8.58. The summed E-state index contributed by atoms with van der Waals surface area (Å²) in [5.41, 5.74) is 2.48. The summed E-state index contributed by atoms with van der Waals surface area (Å²) in [6, 6.07) is 20.0. The first-order valence-corrected chi connectivity index (χ1v) is 19.0. The number of anilines is 2. The van der Waals surface area contributed by atoms with Gasteiger partial charge in [0.05, 0.1) is 49.0 Å². The standard InChI is InChI=1S/C25H28N6O.C13H9F3N4O4S/c1-17-14-20(5-7-22(17)18-10-12-30(2)13-11-18)28-25-27-16-21-6-8-23(31(21)29-25)19-4-9-24(32-3)26-15-19;1-23-11-5-2-8(6-17-11)10-4-3-9-7-18-12(19-20(9)10)24-25(21,22)13(14,15)16/h4-9,14-16,18H,10-13H2,1-3H3,(H,28,29);2-7H,1H3. The summed E-state index contributed by atoms with van der Waals surface area (Å²) in [6.45, 7) is 4.53. The molecule has 57 heavy (non-hydrogen) atoms. The molecule has 1 aliphatic heterocycles. The summed E-state index contributed by atoms with van der Waals surface area (Å²) in [4.78, 5) is 18.7. The van der Waals surface area contributed by atoms with E-state index in [1.807, 2.05) is 35.0 Å². The number of ether oxygens (including phenoxy) is 2. The van der Waals surface area contributed by atoms with Gasteiger partial charge in [-0.1, -0.05) is 6.07 Å². The molecule has 7 aromatic rings. The fourth-order valence-electron chi connectivity index (χ4n) is 6.43. The van der Waals surface area contributed by atoms with Crippen molar-refractivity contribution in [1.82, 2.24) is 44.1 Å². The quantitative estimate of drug-likeness (QED) is 0.121. The normalized spacial score (nSPS) is 13.9. The number of nitrogens with one attached hydrogen (secondary N) is 1. The number of alkyl halides is 3. The maximum atomic E-state index is 12.4. The van der Waals surface area contributed by atoms with Gasteiger partial charge in [0.25, 0.3) is 0 Å². The van der Waals surface area contributed by atoms with Gasteiger partial charge in [0, 0.05) is 41.3 Å². The van der Waals surface area contributed by atoms with Crippen LogP contribution in [0.3, 0.4) is 0 Å². The van der Waals surface area contributed by atoms with E-state index in [4.69, 9.17) is 14.6 Å². The highest BCUT2D eigenvalue weighted by Gasteiger charge is 2.49. The lowest BCUT2D eigenvalue weighted by atomic mass is 9.87. The lowest BCUT2D eigenvalue weighted by Crippen LogP contribution is -2.29. The lowest BCUT2D eigenvalue weighted by Gasteiger charge is -2.30. The molecule has 1 N–H and O–H groups in total. The Morgan fingerprint density at radius 3 is 1.84 bits per heavy atom. The zero-order valence-corrected chi connectivity index (χ0v) is 32.0. The number of piperidine rings is 1. The number of methoxy groups -OCH3 is 2. The highest BCUT2D eigenvalue weighted by atomic mass is 32.2. The topological polar surface area (TPSA) is 163 Å². The fraction of sp³-hybridized carbons (Fsp3) is 0.263. The summed E-state index contributed by atoms with van der Waals surface area (Å²) in [5, 5.41) is 11.8. The molecular weight excluding hydrogens is 766 g/mol. The largest absolute Gasteiger partial charge is 0.534 e. The van der Waals surface area contributed by atoms with Crippen molar-refractivity contribution < 1.29 is 35.2 Å². The molecule has 0 unspecified atom stereocenters.